The Bertz CT molecular complexity index is 361. The van der Waals surface area contributed by atoms with Crippen molar-refractivity contribution < 1.29 is 4.74 Å². The summed E-state index contributed by atoms with van der Waals surface area (Å²) in [5.41, 5.74) is 1.31. The van der Waals surface area contributed by atoms with Crippen LogP contribution in [0.3, 0.4) is 0 Å². The third-order valence-electron chi connectivity index (χ3n) is 2.46. The third-order valence-corrected chi connectivity index (χ3v) is 4.26. The first-order valence-electron chi connectivity index (χ1n) is 5.05. The summed E-state index contributed by atoms with van der Waals surface area (Å²) in [7, 11) is 1.98. The molecule has 0 spiro atoms. The van der Waals surface area contributed by atoms with Gasteiger partial charge in [-0.15, -0.1) is 11.3 Å². The van der Waals surface area contributed by atoms with Crippen LogP contribution in [0.1, 0.15) is 24.4 Å². The zero-order valence-electron chi connectivity index (χ0n) is 8.63. The van der Waals surface area contributed by atoms with E-state index < -0.39 is 0 Å². The van der Waals surface area contributed by atoms with E-state index in [1.165, 1.54) is 8.45 Å². The molecule has 0 aromatic carbocycles. The van der Waals surface area contributed by atoms with E-state index in [1.54, 1.807) is 11.3 Å². The normalized spacial score (nSPS) is 18.1. The predicted octanol–water partition coefficient (Wildman–Crippen LogP) is 3.31. The predicted molar refractivity (Wildman–Crippen MR) is 72.1 cm³/mol. The van der Waals surface area contributed by atoms with Crippen molar-refractivity contribution in [2.24, 2.45) is 0 Å². The number of halogens is 1. The molecule has 2 heterocycles. The van der Waals surface area contributed by atoms with E-state index >= 15 is 0 Å². The molecule has 0 saturated carbocycles. The number of ether oxygens (including phenoxy) is 1. The molecule has 2 rings (SSSR count). The molecule has 1 N–H and O–H groups in total. The molecular weight excluding hydrogens is 321 g/mol. The minimum Gasteiger partial charge on any atom is -0.496 e. The van der Waals surface area contributed by atoms with Crippen molar-refractivity contribution in [1.29, 1.82) is 0 Å². The van der Waals surface area contributed by atoms with Gasteiger partial charge in [0.1, 0.15) is 5.76 Å². The van der Waals surface area contributed by atoms with Crippen LogP contribution in [0.5, 0.6) is 0 Å². The van der Waals surface area contributed by atoms with E-state index in [1.807, 2.05) is 7.05 Å². The zero-order valence-corrected chi connectivity index (χ0v) is 11.6. The molecule has 0 saturated heterocycles. The number of rotatable bonds is 3. The first-order chi connectivity index (χ1) is 7.31. The summed E-state index contributed by atoms with van der Waals surface area (Å²) in [5, 5.41) is 5.51. The molecule has 2 nitrogen and oxygen atoms in total. The van der Waals surface area contributed by atoms with Gasteiger partial charge in [-0.3, -0.25) is 0 Å². The largest absolute Gasteiger partial charge is 0.496 e. The number of hydrogen-bond acceptors (Lipinski definition) is 3. The Labute approximate surface area is 108 Å². The van der Waals surface area contributed by atoms with E-state index in [9.17, 15) is 0 Å². The molecule has 1 aliphatic rings. The number of hydrogen-bond donors (Lipinski definition) is 1. The maximum atomic E-state index is 5.70. The lowest BCUT2D eigenvalue weighted by molar-refractivity contribution is 0.170. The van der Waals surface area contributed by atoms with Crippen LogP contribution in [0, 0.1) is 2.88 Å². The Hall–Kier alpha value is -0.0700. The molecule has 0 fully saturated rings. The molecule has 4 heteroatoms. The second-order valence-electron chi connectivity index (χ2n) is 3.50. The van der Waals surface area contributed by atoms with Gasteiger partial charge in [0, 0.05) is 0 Å². The van der Waals surface area contributed by atoms with Crippen molar-refractivity contribution in [3.63, 3.8) is 0 Å². The first-order valence-corrected chi connectivity index (χ1v) is 7.01. The van der Waals surface area contributed by atoms with Crippen molar-refractivity contribution in [3.05, 3.63) is 31.7 Å². The molecule has 0 radical (unpaired) electrons. The minimum atomic E-state index is 0.227. The SMILES string of the molecule is CNC(C1=CCCCO1)c1csc(I)c1. The van der Waals surface area contributed by atoms with Crippen LogP contribution in [0.15, 0.2) is 23.3 Å². The second-order valence-corrected chi connectivity index (χ2v) is 6.31. The summed E-state index contributed by atoms with van der Waals surface area (Å²) < 4.78 is 7.01. The summed E-state index contributed by atoms with van der Waals surface area (Å²) in [4.78, 5) is 0. The smallest absolute Gasteiger partial charge is 0.113 e. The Balaban J connectivity index is 2.19. The number of allylic oxidation sites excluding steroid dienone is 1. The van der Waals surface area contributed by atoms with E-state index in [0.717, 1.165) is 25.2 Å². The highest BCUT2D eigenvalue weighted by Crippen LogP contribution is 2.29. The molecule has 1 aromatic heterocycles. The van der Waals surface area contributed by atoms with Crippen LogP contribution in [0.2, 0.25) is 0 Å². The van der Waals surface area contributed by atoms with Gasteiger partial charge in [-0.25, -0.2) is 0 Å². The first kappa shape index (κ1) is 11.4. The molecule has 1 aliphatic heterocycles. The quantitative estimate of drug-likeness (QED) is 0.856. The van der Waals surface area contributed by atoms with Gasteiger partial charge in [0.2, 0.25) is 0 Å². The van der Waals surface area contributed by atoms with Crippen molar-refractivity contribution in [2.75, 3.05) is 13.7 Å². The van der Waals surface area contributed by atoms with Gasteiger partial charge in [0.15, 0.2) is 0 Å². The molecular formula is C11H14INOS. The Morgan fingerprint density at radius 1 is 1.60 bits per heavy atom. The van der Waals surface area contributed by atoms with Gasteiger partial charge in [-0.2, -0.15) is 0 Å². The maximum Gasteiger partial charge on any atom is 0.113 e. The summed E-state index contributed by atoms with van der Waals surface area (Å²) in [6.45, 7) is 0.852. The average molecular weight is 335 g/mol. The van der Waals surface area contributed by atoms with Gasteiger partial charge < -0.3 is 10.1 Å². The van der Waals surface area contributed by atoms with Crippen molar-refractivity contribution >= 4 is 33.9 Å². The second kappa shape index (κ2) is 5.32. The highest BCUT2D eigenvalue weighted by atomic mass is 127. The van der Waals surface area contributed by atoms with Crippen LogP contribution < -0.4 is 5.32 Å². The Kier molecular flexibility index (Phi) is 4.05. The summed E-state index contributed by atoms with van der Waals surface area (Å²) in [6, 6.07) is 2.44. The van der Waals surface area contributed by atoms with Crippen LogP contribution in [0.25, 0.3) is 0 Å². The van der Waals surface area contributed by atoms with Crippen molar-refractivity contribution in [3.8, 4) is 0 Å². The highest BCUT2D eigenvalue weighted by molar-refractivity contribution is 14.1. The maximum absolute atomic E-state index is 5.70. The highest BCUT2D eigenvalue weighted by Gasteiger charge is 2.18. The lowest BCUT2D eigenvalue weighted by atomic mass is 10.1. The molecule has 0 amide bonds. The fourth-order valence-electron chi connectivity index (χ4n) is 1.73. The van der Waals surface area contributed by atoms with Crippen LogP contribution in [-0.2, 0) is 4.74 Å². The van der Waals surface area contributed by atoms with E-state index in [2.05, 4.69) is 45.4 Å². The molecule has 82 valence electrons. The standard InChI is InChI=1S/C11H14INOS/c1-13-11(8-6-10(12)15-7-8)9-4-2-3-5-14-9/h4,6-7,11,13H,2-3,5H2,1H3. The van der Waals surface area contributed by atoms with Gasteiger partial charge in [-0.1, -0.05) is 0 Å². The molecule has 15 heavy (non-hydrogen) atoms. The van der Waals surface area contributed by atoms with Crippen molar-refractivity contribution in [2.45, 2.75) is 18.9 Å². The topological polar surface area (TPSA) is 21.3 Å². The van der Waals surface area contributed by atoms with E-state index in [0.29, 0.717) is 0 Å². The summed E-state index contributed by atoms with van der Waals surface area (Å²) in [5.74, 6) is 1.08. The van der Waals surface area contributed by atoms with E-state index in [4.69, 9.17) is 4.74 Å². The molecule has 0 aliphatic carbocycles. The molecule has 1 atom stereocenters. The average Bonchev–Trinajstić information content (AvgIpc) is 2.68. The number of nitrogens with one attached hydrogen (secondary N) is 1. The van der Waals surface area contributed by atoms with Gasteiger partial charge in [-0.05, 0) is 65.6 Å². The summed E-state index contributed by atoms with van der Waals surface area (Å²) >= 11 is 4.13. The lowest BCUT2D eigenvalue weighted by Gasteiger charge is -2.22. The fraction of sp³-hybridized carbons (Fsp3) is 0.455. The minimum absolute atomic E-state index is 0.227. The summed E-state index contributed by atoms with van der Waals surface area (Å²) in [6.07, 6.45) is 4.48. The lowest BCUT2D eigenvalue weighted by Crippen LogP contribution is -2.21. The molecule has 0 bridgehead atoms. The number of thiophene rings is 1. The van der Waals surface area contributed by atoms with Crippen LogP contribution in [-0.4, -0.2) is 13.7 Å². The van der Waals surface area contributed by atoms with E-state index in [-0.39, 0.29) is 6.04 Å². The monoisotopic (exact) mass is 335 g/mol. The van der Waals surface area contributed by atoms with Crippen molar-refractivity contribution in [1.82, 2.24) is 5.32 Å². The Morgan fingerprint density at radius 2 is 2.47 bits per heavy atom. The zero-order chi connectivity index (χ0) is 10.7. The third kappa shape index (κ3) is 2.73. The fourth-order valence-corrected chi connectivity index (χ4v) is 3.12. The van der Waals surface area contributed by atoms with Crippen LogP contribution >= 0.6 is 33.9 Å². The van der Waals surface area contributed by atoms with Gasteiger partial charge in [0.25, 0.3) is 0 Å². The molecule has 1 aromatic rings. The number of likely N-dealkylation sites (N-methyl/N-ethyl adjacent to an activating group) is 1. The van der Waals surface area contributed by atoms with Gasteiger partial charge in [0.05, 0.1) is 15.5 Å². The molecule has 1 unspecified atom stereocenters. The Morgan fingerprint density at radius 3 is 3.00 bits per heavy atom. The van der Waals surface area contributed by atoms with Gasteiger partial charge >= 0.3 is 0 Å². The van der Waals surface area contributed by atoms with Crippen LogP contribution in [0.4, 0.5) is 0 Å².